The molecule has 0 aliphatic carbocycles. The molecular weight excluding hydrogens is 825 g/mol. The summed E-state index contributed by atoms with van der Waals surface area (Å²) in [6.07, 6.45) is 0. The first-order valence-electron chi connectivity index (χ1n) is 21.6. The zero-order valence-corrected chi connectivity index (χ0v) is 36.3. The summed E-state index contributed by atoms with van der Waals surface area (Å²) in [5, 5.41) is 4.94. The summed E-state index contributed by atoms with van der Waals surface area (Å²) in [6, 6.07) is 84.0. The first-order chi connectivity index (χ1) is 31.3. The van der Waals surface area contributed by atoms with Gasteiger partial charge in [-0.3, -0.25) is 0 Å². The average molecular weight is 864 g/mol. The van der Waals surface area contributed by atoms with Crippen molar-refractivity contribution in [2.24, 2.45) is 0 Å². The number of rotatable bonds is 6. The van der Waals surface area contributed by atoms with Crippen LogP contribution in [0.2, 0.25) is 0 Å². The van der Waals surface area contributed by atoms with Gasteiger partial charge in [0.05, 0.1) is 0 Å². The van der Waals surface area contributed by atoms with Crippen LogP contribution in [0.25, 0.3) is 88.8 Å². The van der Waals surface area contributed by atoms with Crippen molar-refractivity contribution in [1.29, 1.82) is 0 Å². The summed E-state index contributed by atoms with van der Waals surface area (Å²) in [5.41, 5.74) is 12.4. The maximum absolute atomic E-state index is 5.73. The molecule has 1 aliphatic heterocycles. The Hall–Kier alpha value is -7.80. The fourth-order valence-corrected chi connectivity index (χ4v) is 21.1. The Morgan fingerprint density at radius 3 is 1.68 bits per heavy atom. The fourth-order valence-electron chi connectivity index (χ4n) is 10.6. The topological polar surface area (TPSA) is 35.6 Å². The van der Waals surface area contributed by atoms with Gasteiger partial charge in [-0.05, 0) is 18.2 Å². The van der Waals surface area contributed by atoms with Gasteiger partial charge >= 0.3 is 315 Å². The van der Waals surface area contributed by atoms with Gasteiger partial charge in [-0.1, -0.05) is 36.4 Å². The molecule has 0 spiro atoms. The Morgan fingerprint density at radius 1 is 0.381 bits per heavy atom. The van der Waals surface area contributed by atoms with Crippen LogP contribution in [-0.4, -0.2) is 32.4 Å². The molecule has 0 amide bonds. The van der Waals surface area contributed by atoms with Gasteiger partial charge in [0.1, 0.15) is 0 Å². The number of hydrogen-bond acceptors (Lipinski definition) is 2. The predicted octanol–water partition coefficient (Wildman–Crippen LogP) is 11.4. The van der Waals surface area contributed by atoms with Crippen LogP contribution < -0.4 is 17.7 Å². The molecule has 294 valence electrons. The van der Waals surface area contributed by atoms with E-state index in [1.54, 1.807) is 0 Å². The molecule has 3 aromatic heterocycles. The zero-order chi connectivity index (χ0) is 41.5. The van der Waals surface area contributed by atoms with Gasteiger partial charge in [0.15, 0.2) is 0 Å². The second kappa shape index (κ2) is 14.1. The molecule has 0 saturated heterocycles. The monoisotopic (exact) mass is 864 g/mol. The van der Waals surface area contributed by atoms with E-state index < -0.39 is 13.3 Å². The number of para-hydroxylation sites is 3. The standard InChI is InChI=1S/C58H38GeN4/c1-5-20-39(21-6-1)58-60-55(54-47-31-13-16-33-49(47)59(57(54)61-58,41-23-7-2-8-24-41)42-25-9-3-10-26-42)40-22-19-29-44(38-40)62-51-35-18-15-32-48(51)53-52(62)37-36-46-45-30-14-17-34-50(45)63(56(46)53)43-27-11-4-12-28-43/h1-38H. The summed E-state index contributed by atoms with van der Waals surface area (Å²) >= 11 is -3.71. The maximum atomic E-state index is 5.73. The van der Waals surface area contributed by atoms with Gasteiger partial charge in [-0.25, -0.2) is 0 Å². The van der Waals surface area contributed by atoms with Gasteiger partial charge in [0.25, 0.3) is 0 Å². The second-order valence-electron chi connectivity index (χ2n) is 16.5. The molecule has 5 heteroatoms. The third kappa shape index (κ3) is 5.22. The number of aromatic nitrogens is 4. The second-order valence-corrected chi connectivity index (χ2v) is 24.2. The van der Waals surface area contributed by atoms with Gasteiger partial charge in [0.2, 0.25) is 0 Å². The van der Waals surface area contributed by atoms with Crippen LogP contribution in [0.15, 0.2) is 231 Å². The predicted molar refractivity (Wildman–Crippen MR) is 264 cm³/mol. The van der Waals surface area contributed by atoms with Crippen LogP contribution in [0.3, 0.4) is 0 Å². The third-order valence-corrected chi connectivity index (χ3v) is 23.1. The molecule has 0 bridgehead atoms. The van der Waals surface area contributed by atoms with E-state index in [2.05, 4.69) is 240 Å². The number of hydrogen-bond donors (Lipinski definition) is 0. The molecular formula is C58H38GeN4. The summed E-state index contributed by atoms with van der Waals surface area (Å²) < 4.78 is 10.2. The molecule has 9 aromatic carbocycles. The van der Waals surface area contributed by atoms with E-state index in [1.807, 2.05) is 0 Å². The molecule has 0 atom stereocenters. The van der Waals surface area contributed by atoms with E-state index in [9.17, 15) is 0 Å². The van der Waals surface area contributed by atoms with Gasteiger partial charge in [-0.15, -0.1) is 0 Å². The van der Waals surface area contributed by atoms with Crippen molar-refractivity contribution in [3.63, 3.8) is 0 Å². The van der Waals surface area contributed by atoms with Crippen LogP contribution in [0.1, 0.15) is 0 Å². The Labute approximate surface area is 367 Å². The molecule has 12 aromatic rings. The number of nitrogens with zero attached hydrogens (tertiary/aromatic N) is 4. The van der Waals surface area contributed by atoms with Crippen LogP contribution in [0.5, 0.6) is 0 Å². The first-order valence-corrected chi connectivity index (χ1v) is 25.8. The molecule has 0 radical (unpaired) electrons. The molecule has 4 nitrogen and oxygen atoms in total. The van der Waals surface area contributed by atoms with Crippen molar-refractivity contribution >= 4 is 74.6 Å². The van der Waals surface area contributed by atoms with Crippen molar-refractivity contribution in [3.05, 3.63) is 231 Å². The van der Waals surface area contributed by atoms with Crippen molar-refractivity contribution in [2.75, 3.05) is 0 Å². The van der Waals surface area contributed by atoms with Crippen molar-refractivity contribution in [1.82, 2.24) is 19.1 Å². The molecule has 1 aliphatic rings. The van der Waals surface area contributed by atoms with Gasteiger partial charge in [0, 0.05) is 0 Å². The first kappa shape index (κ1) is 35.9. The van der Waals surface area contributed by atoms with Crippen LogP contribution in [0, 0.1) is 0 Å². The Balaban J connectivity index is 1.11. The van der Waals surface area contributed by atoms with Crippen LogP contribution in [-0.2, 0) is 0 Å². The quantitative estimate of drug-likeness (QED) is 0.156. The fraction of sp³-hybridized carbons (Fsp3) is 0. The molecule has 0 N–H and O–H groups in total. The third-order valence-electron chi connectivity index (χ3n) is 13.2. The summed E-state index contributed by atoms with van der Waals surface area (Å²) in [5.74, 6) is 0.748. The molecule has 0 fully saturated rings. The van der Waals surface area contributed by atoms with E-state index in [0.717, 1.165) is 50.6 Å². The SMILES string of the molecule is c1ccc(-c2nc(-c3cccc(-n4c5ccccc5c5c4ccc4c6ccccc6n(-c6ccccc6)c45)c3)c3[c](n2)[Ge]([c]2ccccc2)([c]2ccccc2)[c]2ccccc2-3)cc1. The summed E-state index contributed by atoms with van der Waals surface area (Å²) in [4.78, 5) is 11.3. The van der Waals surface area contributed by atoms with E-state index in [1.165, 1.54) is 55.9 Å². The van der Waals surface area contributed by atoms with E-state index in [4.69, 9.17) is 9.97 Å². The summed E-state index contributed by atoms with van der Waals surface area (Å²) in [6.45, 7) is 0. The van der Waals surface area contributed by atoms with E-state index in [0.29, 0.717) is 0 Å². The average Bonchev–Trinajstić information content (AvgIpc) is 3.99. The Kier molecular flexibility index (Phi) is 8.05. The van der Waals surface area contributed by atoms with Crippen LogP contribution >= 0.6 is 0 Å². The number of benzene rings is 9. The van der Waals surface area contributed by atoms with Crippen molar-refractivity contribution in [2.45, 2.75) is 0 Å². The minimum atomic E-state index is -3.71. The van der Waals surface area contributed by atoms with Crippen LogP contribution in [0.4, 0.5) is 0 Å². The zero-order valence-electron chi connectivity index (χ0n) is 34.2. The van der Waals surface area contributed by atoms with Gasteiger partial charge < -0.3 is 0 Å². The van der Waals surface area contributed by atoms with E-state index in [-0.39, 0.29) is 0 Å². The van der Waals surface area contributed by atoms with E-state index >= 15 is 0 Å². The Bertz CT molecular complexity index is 3690. The molecule has 0 unspecified atom stereocenters. The Morgan fingerprint density at radius 2 is 0.952 bits per heavy atom. The molecule has 4 heterocycles. The normalized spacial score (nSPS) is 12.9. The minimum absolute atomic E-state index is 0.748. The molecule has 63 heavy (non-hydrogen) atoms. The van der Waals surface area contributed by atoms with Gasteiger partial charge in [-0.2, -0.15) is 0 Å². The number of fused-ring (bicyclic) bond motifs is 10. The summed E-state index contributed by atoms with van der Waals surface area (Å²) in [7, 11) is 0. The van der Waals surface area contributed by atoms with Crippen molar-refractivity contribution in [3.8, 4) is 45.1 Å². The molecule has 13 rings (SSSR count). The molecule has 0 saturated carbocycles. The van der Waals surface area contributed by atoms with Crippen molar-refractivity contribution < 1.29 is 0 Å².